The number of ether oxygens (including phenoxy) is 2. The van der Waals surface area contributed by atoms with Gasteiger partial charge in [0.1, 0.15) is 11.5 Å². The molecule has 2 N–H and O–H groups in total. The van der Waals surface area contributed by atoms with Gasteiger partial charge in [-0.15, -0.1) is 11.8 Å². The number of benzene rings is 1. The lowest BCUT2D eigenvalue weighted by atomic mass is 10.1. The fourth-order valence-electron chi connectivity index (χ4n) is 1.69. The molecule has 2 unspecified atom stereocenters. The van der Waals surface area contributed by atoms with E-state index >= 15 is 0 Å². The molecule has 0 aromatic heterocycles. The van der Waals surface area contributed by atoms with Crippen LogP contribution in [0.15, 0.2) is 23.1 Å². The van der Waals surface area contributed by atoms with Gasteiger partial charge in [0.05, 0.1) is 31.5 Å². The highest BCUT2D eigenvalue weighted by molar-refractivity contribution is 8.00. The molecule has 116 valence electrons. The van der Waals surface area contributed by atoms with Crippen LogP contribution in [0.3, 0.4) is 0 Å². The van der Waals surface area contributed by atoms with E-state index in [-0.39, 0.29) is 6.42 Å². The Bertz CT molecular complexity index is 516. The quantitative estimate of drug-likeness (QED) is 0.711. The van der Waals surface area contributed by atoms with Gasteiger partial charge in [-0.25, -0.2) is 0 Å². The molecular formula is C14H18O6S. The highest BCUT2D eigenvalue weighted by Crippen LogP contribution is 2.38. The van der Waals surface area contributed by atoms with Crippen molar-refractivity contribution in [2.75, 3.05) is 14.2 Å². The van der Waals surface area contributed by atoms with E-state index in [1.165, 1.54) is 32.9 Å². The first-order valence-corrected chi connectivity index (χ1v) is 7.10. The van der Waals surface area contributed by atoms with Crippen molar-refractivity contribution in [2.45, 2.75) is 23.5 Å². The molecule has 1 rings (SSSR count). The summed E-state index contributed by atoms with van der Waals surface area (Å²) >= 11 is 1.17. The summed E-state index contributed by atoms with van der Waals surface area (Å²) in [6.07, 6.45) is -0.251. The van der Waals surface area contributed by atoms with Crippen molar-refractivity contribution >= 4 is 23.7 Å². The van der Waals surface area contributed by atoms with Crippen LogP contribution in [0, 0.1) is 5.92 Å². The SMILES string of the molecule is COc1ccc(OC)c(SC(CC(=O)O)C(C)C(=O)O)c1. The van der Waals surface area contributed by atoms with Gasteiger partial charge in [0.25, 0.3) is 0 Å². The molecule has 1 aromatic carbocycles. The number of aliphatic carboxylic acids is 2. The van der Waals surface area contributed by atoms with Crippen LogP contribution in [0.5, 0.6) is 11.5 Å². The van der Waals surface area contributed by atoms with Gasteiger partial charge < -0.3 is 19.7 Å². The first kappa shape index (κ1) is 17.2. The number of carboxylic acid groups (broad SMARTS) is 2. The summed E-state index contributed by atoms with van der Waals surface area (Å²) in [6, 6.07) is 5.12. The van der Waals surface area contributed by atoms with Crippen molar-refractivity contribution in [1.82, 2.24) is 0 Å². The summed E-state index contributed by atoms with van der Waals surface area (Å²) in [5.74, 6) is -1.73. The van der Waals surface area contributed by atoms with Crippen molar-refractivity contribution < 1.29 is 29.3 Å². The zero-order valence-corrected chi connectivity index (χ0v) is 12.8. The van der Waals surface area contributed by atoms with Crippen molar-refractivity contribution in [3.05, 3.63) is 18.2 Å². The average Bonchev–Trinajstić information content (AvgIpc) is 2.44. The first-order chi connectivity index (χ1) is 9.88. The predicted molar refractivity (Wildman–Crippen MR) is 78.2 cm³/mol. The maximum Gasteiger partial charge on any atom is 0.307 e. The van der Waals surface area contributed by atoms with Crippen molar-refractivity contribution in [2.24, 2.45) is 5.92 Å². The molecule has 0 aliphatic rings. The van der Waals surface area contributed by atoms with E-state index in [0.717, 1.165) is 0 Å². The van der Waals surface area contributed by atoms with Crippen molar-refractivity contribution in [1.29, 1.82) is 0 Å². The Morgan fingerprint density at radius 2 is 1.90 bits per heavy atom. The smallest absolute Gasteiger partial charge is 0.307 e. The monoisotopic (exact) mass is 314 g/mol. The normalized spacial score (nSPS) is 13.3. The standard InChI is InChI=1S/C14H18O6S/c1-8(14(17)18)11(7-13(15)16)21-12-6-9(19-2)4-5-10(12)20-3/h4-6,8,11H,7H2,1-3H3,(H,15,16)(H,17,18). The molecule has 6 nitrogen and oxygen atoms in total. The maximum atomic E-state index is 11.1. The number of methoxy groups -OCH3 is 2. The van der Waals surface area contributed by atoms with Gasteiger partial charge in [-0.1, -0.05) is 6.92 Å². The van der Waals surface area contributed by atoms with E-state index in [1.54, 1.807) is 18.2 Å². The van der Waals surface area contributed by atoms with Gasteiger partial charge in [-0.2, -0.15) is 0 Å². The molecule has 21 heavy (non-hydrogen) atoms. The van der Waals surface area contributed by atoms with E-state index in [1.807, 2.05) is 0 Å². The second-order valence-electron chi connectivity index (χ2n) is 4.40. The highest BCUT2D eigenvalue weighted by atomic mass is 32.2. The third-order valence-corrected chi connectivity index (χ3v) is 4.42. The molecule has 0 fully saturated rings. The van der Waals surface area contributed by atoms with E-state index < -0.39 is 23.1 Å². The number of carboxylic acids is 2. The number of hydrogen-bond donors (Lipinski definition) is 2. The van der Waals surface area contributed by atoms with Gasteiger partial charge >= 0.3 is 11.9 Å². The fourth-order valence-corrected chi connectivity index (χ4v) is 3.02. The number of rotatable bonds is 8. The Morgan fingerprint density at radius 3 is 2.38 bits per heavy atom. The van der Waals surface area contributed by atoms with E-state index in [9.17, 15) is 9.59 Å². The summed E-state index contributed by atoms with van der Waals surface area (Å²) < 4.78 is 10.3. The minimum Gasteiger partial charge on any atom is -0.497 e. The second-order valence-corrected chi connectivity index (χ2v) is 5.68. The summed E-state index contributed by atoms with van der Waals surface area (Å²) in [7, 11) is 3.02. The molecular weight excluding hydrogens is 296 g/mol. The first-order valence-electron chi connectivity index (χ1n) is 6.22. The van der Waals surface area contributed by atoms with Crippen LogP contribution in [-0.4, -0.2) is 41.6 Å². The van der Waals surface area contributed by atoms with Gasteiger partial charge in [-0.05, 0) is 18.2 Å². The van der Waals surface area contributed by atoms with Crippen LogP contribution in [0.4, 0.5) is 0 Å². The largest absolute Gasteiger partial charge is 0.497 e. The minimum atomic E-state index is -1.04. The van der Waals surface area contributed by atoms with Crippen LogP contribution in [0.1, 0.15) is 13.3 Å². The van der Waals surface area contributed by atoms with Gasteiger partial charge in [-0.3, -0.25) is 9.59 Å². The second kappa shape index (κ2) is 7.78. The van der Waals surface area contributed by atoms with Crippen LogP contribution in [-0.2, 0) is 9.59 Å². The molecule has 0 amide bonds. The topological polar surface area (TPSA) is 93.1 Å². The van der Waals surface area contributed by atoms with E-state index in [0.29, 0.717) is 16.4 Å². The summed E-state index contributed by atoms with van der Waals surface area (Å²) in [5, 5.41) is 17.5. The third kappa shape index (κ3) is 4.86. The van der Waals surface area contributed by atoms with Crippen molar-refractivity contribution in [3.8, 4) is 11.5 Å². The molecule has 0 spiro atoms. The molecule has 0 saturated heterocycles. The Kier molecular flexibility index (Phi) is 6.36. The number of thioether (sulfide) groups is 1. The van der Waals surface area contributed by atoms with Crippen molar-refractivity contribution in [3.63, 3.8) is 0 Å². The summed E-state index contributed by atoms with van der Waals surface area (Å²) in [5.41, 5.74) is 0. The van der Waals surface area contributed by atoms with Gasteiger partial charge in [0.2, 0.25) is 0 Å². The van der Waals surface area contributed by atoms with E-state index in [4.69, 9.17) is 19.7 Å². The van der Waals surface area contributed by atoms with Gasteiger partial charge in [0, 0.05) is 5.25 Å². The van der Waals surface area contributed by atoms with Crippen LogP contribution in [0.2, 0.25) is 0 Å². The zero-order chi connectivity index (χ0) is 16.0. The molecule has 0 heterocycles. The predicted octanol–water partition coefficient (Wildman–Crippen LogP) is 2.36. The lowest BCUT2D eigenvalue weighted by Gasteiger charge is -2.20. The lowest BCUT2D eigenvalue weighted by molar-refractivity contribution is -0.141. The molecule has 7 heteroatoms. The van der Waals surface area contributed by atoms with E-state index in [2.05, 4.69) is 0 Å². The molecule has 0 aliphatic heterocycles. The van der Waals surface area contributed by atoms with Crippen LogP contribution < -0.4 is 9.47 Å². The Morgan fingerprint density at radius 1 is 1.24 bits per heavy atom. The number of carbonyl (C=O) groups is 2. The lowest BCUT2D eigenvalue weighted by Crippen LogP contribution is -2.25. The molecule has 0 aliphatic carbocycles. The average molecular weight is 314 g/mol. The molecule has 0 saturated carbocycles. The molecule has 0 radical (unpaired) electrons. The Balaban J connectivity index is 3.06. The maximum absolute atomic E-state index is 11.1. The Labute approximate surface area is 127 Å². The summed E-state index contributed by atoms with van der Waals surface area (Å²) in [4.78, 5) is 22.7. The van der Waals surface area contributed by atoms with Crippen LogP contribution >= 0.6 is 11.8 Å². The van der Waals surface area contributed by atoms with Crippen LogP contribution in [0.25, 0.3) is 0 Å². The molecule has 0 bridgehead atoms. The molecule has 1 aromatic rings. The minimum absolute atomic E-state index is 0.251. The Hall–Kier alpha value is -1.89. The highest BCUT2D eigenvalue weighted by Gasteiger charge is 2.28. The van der Waals surface area contributed by atoms with Gasteiger partial charge in [0.15, 0.2) is 0 Å². The fraction of sp³-hybridized carbons (Fsp3) is 0.429. The third-order valence-electron chi connectivity index (χ3n) is 2.97. The zero-order valence-electron chi connectivity index (χ0n) is 12.0. The number of hydrogen-bond acceptors (Lipinski definition) is 5. The summed E-state index contributed by atoms with van der Waals surface area (Å²) in [6.45, 7) is 1.50. The molecule has 2 atom stereocenters.